The van der Waals surface area contributed by atoms with Crippen molar-refractivity contribution >= 4 is 27.8 Å². The number of unbranched alkanes of at least 4 members (excludes halogenated alkanes) is 1. The number of hydrogen-bond acceptors (Lipinski definition) is 3. The van der Waals surface area contributed by atoms with Crippen LogP contribution in [0.25, 0.3) is 0 Å². The summed E-state index contributed by atoms with van der Waals surface area (Å²) >= 11 is 3.36. The molecule has 0 aromatic carbocycles. The van der Waals surface area contributed by atoms with Gasteiger partial charge >= 0.3 is 5.97 Å². The molecule has 1 fully saturated rings. The summed E-state index contributed by atoms with van der Waals surface area (Å²) < 4.78 is 4.70. The molecule has 0 aliphatic carbocycles. The summed E-state index contributed by atoms with van der Waals surface area (Å²) in [5.74, 6) is -0.0373. The van der Waals surface area contributed by atoms with E-state index >= 15 is 0 Å². The Bertz CT molecular complexity index is 283. The highest BCUT2D eigenvalue weighted by atomic mass is 79.9. The molecule has 0 radical (unpaired) electrons. The van der Waals surface area contributed by atoms with E-state index in [0.717, 1.165) is 44.0 Å². The SMILES string of the molecule is COC(=O)CC1CCCCN1C(=O)CCCCBr. The Morgan fingerprint density at radius 3 is 2.78 bits per heavy atom. The molecule has 5 heteroatoms. The molecule has 0 aromatic heterocycles. The summed E-state index contributed by atoms with van der Waals surface area (Å²) in [6.07, 6.45) is 5.89. The van der Waals surface area contributed by atoms with Gasteiger partial charge in [-0.05, 0) is 32.1 Å². The Hall–Kier alpha value is -0.580. The topological polar surface area (TPSA) is 46.6 Å². The number of carbonyl (C=O) groups excluding carboxylic acids is 2. The quantitative estimate of drug-likeness (QED) is 0.429. The molecule has 1 aliphatic heterocycles. The van der Waals surface area contributed by atoms with Crippen LogP contribution in [0.2, 0.25) is 0 Å². The van der Waals surface area contributed by atoms with E-state index in [0.29, 0.717) is 12.8 Å². The summed E-state index contributed by atoms with van der Waals surface area (Å²) in [5.41, 5.74) is 0. The maximum atomic E-state index is 12.1. The highest BCUT2D eigenvalue weighted by Gasteiger charge is 2.28. The number of likely N-dealkylation sites (tertiary alicyclic amines) is 1. The van der Waals surface area contributed by atoms with Crippen molar-refractivity contribution in [2.45, 2.75) is 51.0 Å². The van der Waals surface area contributed by atoms with Crippen molar-refractivity contribution in [1.82, 2.24) is 4.90 Å². The predicted molar refractivity (Wildman–Crippen MR) is 73.6 cm³/mol. The van der Waals surface area contributed by atoms with Gasteiger partial charge in [-0.25, -0.2) is 0 Å². The number of halogens is 1. The molecule has 0 N–H and O–H groups in total. The zero-order valence-electron chi connectivity index (χ0n) is 11.0. The van der Waals surface area contributed by atoms with Crippen LogP contribution in [0, 0.1) is 0 Å². The van der Waals surface area contributed by atoms with Crippen LogP contribution in [0.15, 0.2) is 0 Å². The van der Waals surface area contributed by atoms with Crippen LogP contribution >= 0.6 is 15.9 Å². The smallest absolute Gasteiger partial charge is 0.307 e. The number of carbonyl (C=O) groups is 2. The van der Waals surface area contributed by atoms with Gasteiger partial charge in [0, 0.05) is 24.3 Å². The molecule has 0 aromatic rings. The maximum Gasteiger partial charge on any atom is 0.307 e. The molecule has 0 saturated carbocycles. The third-order valence-electron chi connectivity index (χ3n) is 3.35. The minimum atomic E-state index is -0.222. The minimum Gasteiger partial charge on any atom is -0.469 e. The van der Waals surface area contributed by atoms with Crippen LogP contribution in [0.4, 0.5) is 0 Å². The largest absolute Gasteiger partial charge is 0.469 e. The van der Waals surface area contributed by atoms with Gasteiger partial charge in [-0.2, -0.15) is 0 Å². The van der Waals surface area contributed by atoms with Crippen molar-refractivity contribution in [2.75, 3.05) is 19.0 Å². The van der Waals surface area contributed by atoms with Gasteiger partial charge in [0.05, 0.1) is 13.5 Å². The normalized spacial score (nSPS) is 19.7. The summed E-state index contributed by atoms with van der Waals surface area (Å²) in [6, 6.07) is 0.0441. The van der Waals surface area contributed by atoms with Gasteiger partial charge in [0.1, 0.15) is 0 Å². The molecule has 1 unspecified atom stereocenters. The van der Waals surface area contributed by atoms with E-state index in [1.54, 1.807) is 0 Å². The first-order valence-electron chi connectivity index (χ1n) is 6.61. The highest BCUT2D eigenvalue weighted by molar-refractivity contribution is 9.09. The molecule has 1 aliphatic rings. The minimum absolute atomic E-state index is 0.0441. The molecule has 1 saturated heterocycles. The molecule has 0 bridgehead atoms. The lowest BCUT2D eigenvalue weighted by Gasteiger charge is -2.35. The second-order valence-electron chi connectivity index (χ2n) is 4.66. The lowest BCUT2D eigenvalue weighted by atomic mass is 9.98. The van der Waals surface area contributed by atoms with Crippen LogP contribution < -0.4 is 0 Å². The first-order chi connectivity index (χ1) is 8.69. The second kappa shape index (κ2) is 8.51. The zero-order valence-corrected chi connectivity index (χ0v) is 12.6. The number of amides is 1. The molecule has 104 valence electrons. The van der Waals surface area contributed by atoms with E-state index in [1.807, 2.05) is 4.90 Å². The molecule has 4 nitrogen and oxygen atoms in total. The van der Waals surface area contributed by atoms with Gasteiger partial charge in [0.15, 0.2) is 0 Å². The van der Waals surface area contributed by atoms with Gasteiger partial charge < -0.3 is 9.64 Å². The average molecular weight is 320 g/mol. The fourth-order valence-corrected chi connectivity index (χ4v) is 2.73. The number of alkyl halides is 1. The Morgan fingerprint density at radius 2 is 2.11 bits per heavy atom. The molecular weight excluding hydrogens is 298 g/mol. The molecule has 1 heterocycles. The number of ether oxygens (including phenoxy) is 1. The number of methoxy groups -OCH3 is 1. The third-order valence-corrected chi connectivity index (χ3v) is 3.91. The van der Waals surface area contributed by atoms with E-state index in [1.165, 1.54) is 7.11 Å². The van der Waals surface area contributed by atoms with Gasteiger partial charge in [0.2, 0.25) is 5.91 Å². The zero-order chi connectivity index (χ0) is 13.4. The summed E-state index contributed by atoms with van der Waals surface area (Å²) in [4.78, 5) is 25.3. The molecule has 1 amide bonds. The number of nitrogens with zero attached hydrogens (tertiary/aromatic N) is 1. The molecule has 1 atom stereocenters. The Balaban J connectivity index is 2.47. The van der Waals surface area contributed by atoms with Gasteiger partial charge in [-0.15, -0.1) is 0 Å². The van der Waals surface area contributed by atoms with E-state index in [4.69, 9.17) is 4.74 Å². The van der Waals surface area contributed by atoms with Crippen LogP contribution in [0.3, 0.4) is 0 Å². The number of rotatable bonds is 6. The number of esters is 1. The molecule has 18 heavy (non-hydrogen) atoms. The van der Waals surface area contributed by atoms with Crippen molar-refractivity contribution in [1.29, 1.82) is 0 Å². The fraction of sp³-hybridized carbons (Fsp3) is 0.846. The van der Waals surface area contributed by atoms with Crippen molar-refractivity contribution in [3.05, 3.63) is 0 Å². The van der Waals surface area contributed by atoms with Crippen LogP contribution in [0.1, 0.15) is 44.9 Å². The summed E-state index contributed by atoms with van der Waals surface area (Å²) in [5, 5.41) is 0.936. The summed E-state index contributed by atoms with van der Waals surface area (Å²) in [6.45, 7) is 0.787. The monoisotopic (exact) mass is 319 g/mol. The van der Waals surface area contributed by atoms with Crippen molar-refractivity contribution in [2.24, 2.45) is 0 Å². The first-order valence-corrected chi connectivity index (χ1v) is 7.73. The number of hydrogen-bond donors (Lipinski definition) is 0. The van der Waals surface area contributed by atoms with E-state index in [-0.39, 0.29) is 17.9 Å². The van der Waals surface area contributed by atoms with Gasteiger partial charge in [0.25, 0.3) is 0 Å². The van der Waals surface area contributed by atoms with Crippen LogP contribution in [-0.4, -0.2) is 41.8 Å². The second-order valence-corrected chi connectivity index (χ2v) is 5.46. The van der Waals surface area contributed by atoms with Crippen LogP contribution in [-0.2, 0) is 14.3 Å². The predicted octanol–water partition coefficient (Wildman–Crippen LogP) is 2.50. The third kappa shape index (κ3) is 4.96. The van der Waals surface area contributed by atoms with Crippen molar-refractivity contribution < 1.29 is 14.3 Å². The lowest BCUT2D eigenvalue weighted by Crippen LogP contribution is -2.44. The molecule has 0 spiro atoms. The summed E-state index contributed by atoms with van der Waals surface area (Å²) in [7, 11) is 1.40. The maximum absolute atomic E-state index is 12.1. The molecule has 1 rings (SSSR count). The Kier molecular flexibility index (Phi) is 7.32. The van der Waals surface area contributed by atoms with Gasteiger partial charge in [-0.3, -0.25) is 9.59 Å². The fourth-order valence-electron chi connectivity index (χ4n) is 2.33. The highest BCUT2D eigenvalue weighted by Crippen LogP contribution is 2.21. The average Bonchev–Trinajstić information content (AvgIpc) is 2.39. The van der Waals surface area contributed by atoms with Crippen molar-refractivity contribution in [3.8, 4) is 0 Å². The Morgan fingerprint density at radius 1 is 1.33 bits per heavy atom. The van der Waals surface area contributed by atoms with E-state index in [2.05, 4.69) is 15.9 Å². The van der Waals surface area contributed by atoms with Crippen LogP contribution in [0.5, 0.6) is 0 Å². The van der Waals surface area contributed by atoms with Gasteiger partial charge in [-0.1, -0.05) is 15.9 Å². The number of piperidine rings is 1. The van der Waals surface area contributed by atoms with Crippen molar-refractivity contribution in [3.63, 3.8) is 0 Å². The molecular formula is C13H22BrNO3. The standard InChI is InChI=1S/C13H22BrNO3/c1-18-13(17)10-11-6-3-5-9-15(11)12(16)7-2-4-8-14/h11H,2-10H2,1H3. The lowest BCUT2D eigenvalue weighted by molar-refractivity contribution is -0.144. The Labute approximate surface area is 117 Å². The van der Waals surface area contributed by atoms with E-state index < -0.39 is 0 Å². The first kappa shape index (κ1) is 15.5. The van der Waals surface area contributed by atoms with E-state index in [9.17, 15) is 9.59 Å².